The summed E-state index contributed by atoms with van der Waals surface area (Å²) in [7, 11) is 1.33. The monoisotopic (exact) mass is 291 g/mol. The van der Waals surface area contributed by atoms with E-state index in [0.717, 1.165) is 11.1 Å². The van der Waals surface area contributed by atoms with E-state index >= 15 is 0 Å². The van der Waals surface area contributed by atoms with Gasteiger partial charge in [-0.15, -0.1) is 11.6 Å². The van der Waals surface area contributed by atoms with Crippen LogP contribution in [0.1, 0.15) is 18.4 Å². The summed E-state index contributed by atoms with van der Waals surface area (Å²) in [4.78, 5) is 10.7. The third-order valence-corrected chi connectivity index (χ3v) is 3.83. The number of hydrogen-bond acceptors (Lipinski definition) is 3. The van der Waals surface area contributed by atoms with Crippen molar-refractivity contribution in [2.75, 3.05) is 7.11 Å². The largest absolute Gasteiger partial charge is 0.468 e. The highest BCUT2D eigenvalue weighted by Crippen LogP contribution is 2.34. The number of nitrogens with two attached hydrogens (primary N) is 1. The molecule has 2 rings (SSSR count). The number of halogens is 1. The molecule has 1 aromatic rings. The normalized spacial score (nSPS) is 23.1. The van der Waals surface area contributed by atoms with Crippen molar-refractivity contribution < 1.29 is 9.53 Å². The van der Waals surface area contributed by atoms with Crippen molar-refractivity contribution in [2.45, 2.75) is 23.8 Å². The molecule has 0 heterocycles. The summed E-state index contributed by atoms with van der Waals surface area (Å²) in [6.07, 6.45) is 6.97. The molecular weight excluding hydrogens is 274 g/mol. The molecule has 1 aliphatic carbocycles. The molecule has 0 saturated heterocycles. The van der Waals surface area contributed by atoms with Crippen LogP contribution >= 0.6 is 11.6 Å². The fourth-order valence-corrected chi connectivity index (χ4v) is 2.56. The van der Waals surface area contributed by atoms with Crippen molar-refractivity contribution in [3.05, 3.63) is 54.1 Å². The molecule has 4 heteroatoms. The molecule has 0 aliphatic heterocycles. The molecule has 20 heavy (non-hydrogen) atoms. The summed E-state index contributed by atoms with van der Waals surface area (Å²) in [6.45, 7) is 0. The first kappa shape index (κ1) is 14.8. The molecule has 0 radical (unpaired) electrons. The molecule has 2 atom stereocenters. The number of carbonyl (C=O) groups excluding carboxylic acids is 1. The minimum atomic E-state index is -0.700. The zero-order chi connectivity index (χ0) is 14.6. The van der Waals surface area contributed by atoms with Gasteiger partial charge in [-0.1, -0.05) is 48.6 Å². The number of esters is 1. The average Bonchev–Trinajstić information content (AvgIpc) is 2.47. The standard InChI is InChI=1S/C16H18ClNO2/c1-20-15(19)14(18)11-16(17)9-7-13(8-10-16)12-5-3-2-4-6-12/h2-9,14H,10-11,18H2,1H3/t14-,16?/m0/s1. The van der Waals surface area contributed by atoms with Crippen LogP contribution in [-0.4, -0.2) is 24.0 Å². The van der Waals surface area contributed by atoms with Crippen molar-refractivity contribution >= 4 is 23.1 Å². The van der Waals surface area contributed by atoms with Crippen LogP contribution in [0.5, 0.6) is 0 Å². The van der Waals surface area contributed by atoms with E-state index in [9.17, 15) is 4.79 Å². The predicted octanol–water partition coefficient (Wildman–Crippen LogP) is 2.90. The summed E-state index contributed by atoms with van der Waals surface area (Å²) in [5.41, 5.74) is 8.06. The lowest BCUT2D eigenvalue weighted by molar-refractivity contribution is -0.142. The number of ether oxygens (including phenoxy) is 1. The molecule has 1 unspecified atom stereocenters. The zero-order valence-corrected chi connectivity index (χ0v) is 12.1. The van der Waals surface area contributed by atoms with Gasteiger partial charge in [0.2, 0.25) is 0 Å². The van der Waals surface area contributed by atoms with Crippen molar-refractivity contribution in [2.24, 2.45) is 5.73 Å². The van der Waals surface area contributed by atoms with E-state index < -0.39 is 16.9 Å². The Morgan fingerprint density at radius 3 is 2.70 bits per heavy atom. The highest BCUT2D eigenvalue weighted by Gasteiger charge is 2.31. The van der Waals surface area contributed by atoms with Crippen LogP contribution in [0.3, 0.4) is 0 Å². The van der Waals surface area contributed by atoms with E-state index in [1.807, 2.05) is 30.4 Å². The Balaban J connectivity index is 2.05. The van der Waals surface area contributed by atoms with Gasteiger partial charge in [-0.2, -0.15) is 0 Å². The van der Waals surface area contributed by atoms with Crippen LogP contribution in [0.2, 0.25) is 0 Å². The molecule has 0 saturated carbocycles. The molecule has 3 nitrogen and oxygen atoms in total. The summed E-state index contributed by atoms with van der Waals surface area (Å²) in [5.74, 6) is -0.434. The minimum Gasteiger partial charge on any atom is -0.468 e. The van der Waals surface area contributed by atoms with Crippen LogP contribution in [0.15, 0.2) is 48.6 Å². The zero-order valence-electron chi connectivity index (χ0n) is 11.4. The van der Waals surface area contributed by atoms with Gasteiger partial charge in [-0.05, 0) is 24.0 Å². The minimum absolute atomic E-state index is 0.357. The molecule has 0 spiro atoms. The van der Waals surface area contributed by atoms with E-state index in [1.54, 1.807) is 0 Å². The van der Waals surface area contributed by atoms with Gasteiger partial charge in [-0.25, -0.2) is 0 Å². The number of benzene rings is 1. The quantitative estimate of drug-likeness (QED) is 0.685. The van der Waals surface area contributed by atoms with Crippen molar-refractivity contribution in [3.8, 4) is 0 Å². The van der Waals surface area contributed by atoms with E-state index in [2.05, 4.69) is 22.9 Å². The van der Waals surface area contributed by atoms with Crippen molar-refractivity contribution in [1.29, 1.82) is 0 Å². The fraction of sp³-hybridized carbons (Fsp3) is 0.312. The third kappa shape index (κ3) is 3.50. The van der Waals surface area contributed by atoms with Gasteiger partial charge < -0.3 is 10.5 Å². The highest BCUT2D eigenvalue weighted by molar-refractivity contribution is 6.26. The Hall–Kier alpha value is -1.58. The molecule has 2 N–H and O–H groups in total. The number of alkyl halides is 1. The first-order chi connectivity index (χ1) is 9.54. The third-order valence-electron chi connectivity index (χ3n) is 3.39. The van der Waals surface area contributed by atoms with E-state index in [4.69, 9.17) is 17.3 Å². The Labute approximate surface area is 124 Å². The molecular formula is C16H18ClNO2. The van der Waals surface area contributed by atoms with Crippen LogP contribution in [0.4, 0.5) is 0 Å². The first-order valence-electron chi connectivity index (χ1n) is 6.51. The van der Waals surface area contributed by atoms with Crippen molar-refractivity contribution in [1.82, 2.24) is 0 Å². The molecule has 0 bridgehead atoms. The Morgan fingerprint density at radius 2 is 2.15 bits per heavy atom. The maximum absolute atomic E-state index is 11.4. The van der Waals surface area contributed by atoms with Gasteiger partial charge in [-0.3, -0.25) is 4.79 Å². The van der Waals surface area contributed by atoms with E-state index in [1.165, 1.54) is 7.11 Å². The second kappa shape index (κ2) is 6.25. The van der Waals surface area contributed by atoms with Crippen LogP contribution < -0.4 is 5.73 Å². The molecule has 0 fully saturated rings. The number of carbonyl (C=O) groups is 1. The number of hydrogen-bond donors (Lipinski definition) is 1. The number of methoxy groups -OCH3 is 1. The van der Waals surface area contributed by atoms with Crippen molar-refractivity contribution in [3.63, 3.8) is 0 Å². The van der Waals surface area contributed by atoms with Crippen LogP contribution in [-0.2, 0) is 9.53 Å². The SMILES string of the molecule is COC(=O)[C@@H](N)CC1(Cl)C=CC(c2ccccc2)=CC1. The van der Waals surface area contributed by atoms with E-state index in [0.29, 0.717) is 12.8 Å². The summed E-state index contributed by atoms with van der Waals surface area (Å²) in [5, 5.41) is 0. The Kier molecular flexibility index (Phi) is 4.63. The second-order valence-corrected chi connectivity index (χ2v) is 5.68. The lowest BCUT2D eigenvalue weighted by atomic mass is 9.88. The van der Waals surface area contributed by atoms with Crippen LogP contribution in [0, 0.1) is 0 Å². The number of rotatable bonds is 4. The molecule has 1 aliphatic rings. The molecule has 0 amide bonds. The number of allylic oxidation sites excluding steroid dienone is 4. The van der Waals surface area contributed by atoms with Crippen LogP contribution in [0.25, 0.3) is 5.57 Å². The Morgan fingerprint density at radius 1 is 1.45 bits per heavy atom. The van der Waals surface area contributed by atoms with Gasteiger partial charge in [0, 0.05) is 0 Å². The lowest BCUT2D eigenvalue weighted by Crippen LogP contribution is -2.38. The van der Waals surface area contributed by atoms with E-state index in [-0.39, 0.29) is 0 Å². The smallest absolute Gasteiger partial charge is 0.322 e. The topological polar surface area (TPSA) is 52.3 Å². The molecule has 0 aromatic heterocycles. The Bertz CT molecular complexity index is 539. The lowest BCUT2D eigenvalue weighted by Gasteiger charge is -2.27. The average molecular weight is 292 g/mol. The van der Waals surface area contributed by atoms with Gasteiger partial charge in [0.15, 0.2) is 0 Å². The van der Waals surface area contributed by atoms with Gasteiger partial charge in [0.25, 0.3) is 0 Å². The summed E-state index contributed by atoms with van der Waals surface area (Å²) in [6, 6.07) is 9.39. The molecule has 106 valence electrons. The van der Waals surface area contributed by atoms with Gasteiger partial charge in [0.05, 0.1) is 12.0 Å². The van der Waals surface area contributed by atoms with Gasteiger partial charge >= 0.3 is 5.97 Å². The summed E-state index contributed by atoms with van der Waals surface area (Å²) < 4.78 is 4.63. The predicted molar refractivity (Wildman–Crippen MR) is 81.4 cm³/mol. The van der Waals surface area contributed by atoms with Gasteiger partial charge in [0.1, 0.15) is 6.04 Å². The fourth-order valence-electron chi connectivity index (χ4n) is 2.25. The summed E-state index contributed by atoms with van der Waals surface area (Å²) >= 11 is 6.50. The first-order valence-corrected chi connectivity index (χ1v) is 6.89. The molecule has 1 aromatic carbocycles. The second-order valence-electron chi connectivity index (χ2n) is 4.93. The maximum atomic E-state index is 11.4. The maximum Gasteiger partial charge on any atom is 0.322 e. The highest BCUT2D eigenvalue weighted by atomic mass is 35.5.